The Balaban J connectivity index is 1.91. The van der Waals surface area contributed by atoms with Crippen molar-refractivity contribution >= 4 is 40.0 Å². The number of benzene rings is 2. The summed E-state index contributed by atoms with van der Waals surface area (Å²) in [5.41, 5.74) is 2.23. The van der Waals surface area contributed by atoms with E-state index in [2.05, 4.69) is 4.98 Å². The summed E-state index contributed by atoms with van der Waals surface area (Å²) in [6.07, 6.45) is 4.57. The number of fused-ring (bicyclic) bond motifs is 1. The van der Waals surface area contributed by atoms with E-state index in [0.29, 0.717) is 11.1 Å². The van der Waals surface area contributed by atoms with Crippen LogP contribution in [0, 0.1) is 5.82 Å². The summed E-state index contributed by atoms with van der Waals surface area (Å²) in [4.78, 5) is 15.1. The number of nitrogens with zero attached hydrogens (tertiary/aromatic N) is 1. The zero-order valence-electron chi connectivity index (χ0n) is 10.4. The molecule has 2 nitrogen and oxygen atoms in total. The summed E-state index contributed by atoms with van der Waals surface area (Å²) >= 11 is 1.50. The van der Waals surface area contributed by atoms with E-state index in [0.717, 1.165) is 21.6 Å². The lowest BCUT2D eigenvalue weighted by molar-refractivity contribution is 0.112. The summed E-state index contributed by atoms with van der Waals surface area (Å²) in [5, 5.41) is 0.808. The number of rotatable bonds is 3. The largest absolute Gasteiger partial charge is 0.298 e. The summed E-state index contributed by atoms with van der Waals surface area (Å²) in [6, 6.07) is 11.9. The van der Waals surface area contributed by atoms with Crippen LogP contribution in [0.5, 0.6) is 0 Å². The summed E-state index contributed by atoms with van der Waals surface area (Å²) < 4.78 is 14.0. The molecule has 0 aliphatic rings. The highest BCUT2D eigenvalue weighted by Gasteiger charge is 2.02. The summed E-state index contributed by atoms with van der Waals surface area (Å²) in [5.74, 6) is -0.281. The van der Waals surface area contributed by atoms with Crippen LogP contribution in [0.3, 0.4) is 0 Å². The molecular weight excluding hydrogens is 273 g/mol. The zero-order chi connectivity index (χ0) is 13.9. The first-order valence-electron chi connectivity index (χ1n) is 6.04. The SMILES string of the molecule is O=Cc1cccc(/C=C/c2nc3cc(F)ccc3s2)c1. The summed E-state index contributed by atoms with van der Waals surface area (Å²) in [7, 11) is 0. The number of carbonyl (C=O) groups excluding carboxylic acids is 1. The van der Waals surface area contributed by atoms with Gasteiger partial charge in [-0.2, -0.15) is 0 Å². The van der Waals surface area contributed by atoms with Gasteiger partial charge in [0.2, 0.25) is 0 Å². The fourth-order valence-electron chi connectivity index (χ4n) is 1.89. The normalized spacial score (nSPS) is 11.2. The van der Waals surface area contributed by atoms with Crippen LogP contribution in [-0.4, -0.2) is 11.3 Å². The number of hydrogen-bond acceptors (Lipinski definition) is 3. The van der Waals surface area contributed by atoms with Crippen LogP contribution in [0.4, 0.5) is 4.39 Å². The van der Waals surface area contributed by atoms with Gasteiger partial charge in [-0.15, -0.1) is 11.3 Å². The third-order valence-corrected chi connectivity index (χ3v) is 3.83. The van der Waals surface area contributed by atoms with Gasteiger partial charge in [-0.1, -0.05) is 24.3 Å². The fraction of sp³-hybridized carbons (Fsp3) is 0. The first-order valence-corrected chi connectivity index (χ1v) is 6.86. The van der Waals surface area contributed by atoms with E-state index >= 15 is 0 Å². The van der Waals surface area contributed by atoms with E-state index in [1.807, 2.05) is 24.3 Å². The van der Waals surface area contributed by atoms with Gasteiger partial charge in [0.25, 0.3) is 0 Å². The molecule has 0 bridgehead atoms. The molecule has 2 aromatic carbocycles. The number of hydrogen-bond donors (Lipinski definition) is 0. The molecule has 4 heteroatoms. The van der Waals surface area contributed by atoms with Gasteiger partial charge in [-0.3, -0.25) is 4.79 Å². The number of carbonyl (C=O) groups is 1. The lowest BCUT2D eigenvalue weighted by Crippen LogP contribution is -1.79. The van der Waals surface area contributed by atoms with E-state index in [1.165, 1.54) is 23.5 Å². The van der Waals surface area contributed by atoms with Crippen LogP contribution in [0.25, 0.3) is 22.4 Å². The molecule has 3 rings (SSSR count). The van der Waals surface area contributed by atoms with Crippen molar-refractivity contribution in [3.8, 4) is 0 Å². The van der Waals surface area contributed by atoms with E-state index in [4.69, 9.17) is 0 Å². The van der Waals surface area contributed by atoms with Gasteiger partial charge in [0.1, 0.15) is 17.1 Å². The number of aromatic nitrogens is 1. The first kappa shape index (κ1) is 12.7. The molecule has 1 heterocycles. The molecule has 0 fully saturated rings. The Morgan fingerprint density at radius 3 is 2.75 bits per heavy atom. The van der Waals surface area contributed by atoms with Crippen molar-refractivity contribution in [1.82, 2.24) is 4.98 Å². The van der Waals surface area contributed by atoms with Crippen molar-refractivity contribution in [2.75, 3.05) is 0 Å². The van der Waals surface area contributed by atoms with Gasteiger partial charge >= 0.3 is 0 Å². The highest BCUT2D eigenvalue weighted by molar-refractivity contribution is 7.19. The Kier molecular flexibility index (Phi) is 3.39. The smallest absolute Gasteiger partial charge is 0.150 e. The molecule has 3 aromatic rings. The maximum Gasteiger partial charge on any atom is 0.150 e. The van der Waals surface area contributed by atoms with Crippen molar-refractivity contribution in [1.29, 1.82) is 0 Å². The second-order valence-electron chi connectivity index (χ2n) is 4.29. The van der Waals surface area contributed by atoms with E-state index in [9.17, 15) is 9.18 Å². The molecule has 0 radical (unpaired) electrons. The minimum Gasteiger partial charge on any atom is -0.298 e. The molecule has 0 saturated heterocycles. The molecular formula is C16H10FNOS. The fourth-order valence-corrected chi connectivity index (χ4v) is 2.74. The molecule has 0 aliphatic heterocycles. The predicted molar refractivity (Wildman–Crippen MR) is 80.3 cm³/mol. The van der Waals surface area contributed by atoms with Gasteiger partial charge in [0.05, 0.1) is 10.2 Å². The maximum absolute atomic E-state index is 13.1. The molecule has 0 atom stereocenters. The Morgan fingerprint density at radius 1 is 1.05 bits per heavy atom. The van der Waals surface area contributed by atoms with E-state index in [1.54, 1.807) is 18.2 Å². The molecule has 1 aromatic heterocycles. The minimum absolute atomic E-state index is 0.281. The van der Waals surface area contributed by atoms with Crippen molar-refractivity contribution in [3.05, 3.63) is 64.4 Å². The van der Waals surface area contributed by atoms with E-state index in [-0.39, 0.29) is 5.82 Å². The molecule has 0 unspecified atom stereocenters. The molecule has 0 amide bonds. The second kappa shape index (κ2) is 5.35. The lowest BCUT2D eigenvalue weighted by Gasteiger charge is -1.93. The average molecular weight is 283 g/mol. The zero-order valence-corrected chi connectivity index (χ0v) is 11.2. The Hall–Kier alpha value is -2.33. The third-order valence-electron chi connectivity index (χ3n) is 2.83. The number of aldehydes is 1. The van der Waals surface area contributed by atoms with E-state index < -0.39 is 0 Å². The molecule has 98 valence electrons. The molecule has 0 N–H and O–H groups in total. The van der Waals surface area contributed by atoms with Gasteiger partial charge in [-0.25, -0.2) is 9.37 Å². The lowest BCUT2D eigenvalue weighted by atomic mass is 10.1. The minimum atomic E-state index is -0.281. The Morgan fingerprint density at radius 2 is 1.90 bits per heavy atom. The quantitative estimate of drug-likeness (QED) is 0.666. The molecule has 0 spiro atoms. The standard InChI is InChI=1S/C16H10FNOS/c17-13-5-6-15-14(9-13)18-16(20-15)7-4-11-2-1-3-12(8-11)10-19/h1-10H/b7-4+. The molecule has 0 saturated carbocycles. The number of halogens is 1. The molecule has 0 aliphatic carbocycles. The van der Waals surface area contributed by atoms with Gasteiger partial charge in [0, 0.05) is 11.6 Å². The van der Waals surface area contributed by atoms with Crippen molar-refractivity contribution in [2.24, 2.45) is 0 Å². The second-order valence-corrected chi connectivity index (χ2v) is 5.35. The third kappa shape index (κ3) is 2.65. The topological polar surface area (TPSA) is 30.0 Å². The van der Waals surface area contributed by atoms with Crippen LogP contribution < -0.4 is 0 Å². The first-order chi connectivity index (χ1) is 9.74. The maximum atomic E-state index is 13.1. The van der Waals surface area contributed by atoms with Gasteiger partial charge < -0.3 is 0 Å². The van der Waals surface area contributed by atoms with Crippen LogP contribution in [-0.2, 0) is 0 Å². The monoisotopic (exact) mass is 283 g/mol. The Labute approximate surface area is 119 Å². The van der Waals surface area contributed by atoms with Crippen LogP contribution in [0.2, 0.25) is 0 Å². The highest BCUT2D eigenvalue weighted by Crippen LogP contribution is 2.24. The van der Waals surface area contributed by atoms with Crippen LogP contribution >= 0.6 is 11.3 Å². The van der Waals surface area contributed by atoms with Crippen LogP contribution in [0.1, 0.15) is 20.9 Å². The van der Waals surface area contributed by atoms with Crippen LogP contribution in [0.15, 0.2) is 42.5 Å². The summed E-state index contributed by atoms with van der Waals surface area (Å²) in [6.45, 7) is 0. The van der Waals surface area contributed by atoms with Crippen molar-refractivity contribution in [3.63, 3.8) is 0 Å². The highest BCUT2D eigenvalue weighted by atomic mass is 32.1. The Bertz CT molecular complexity index is 807. The average Bonchev–Trinajstić information content (AvgIpc) is 2.87. The van der Waals surface area contributed by atoms with Gasteiger partial charge in [0.15, 0.2) is 0 Å². The van der Waals surface area contributed by atoms with Crippen molar-refractivity contribution in [2.45, 2.75) is 0 Å². The number of thiazole rings is 1. The predicted octanol–water partition coefficient (Wildman–Crippen LogP) is 4.42. The molecule has 20 heavy (non-hydrogen) atoms. The van der Waals surface area contributed by atoms with Gasteiger partial charge in [-0.05, 0) is 29.8 Å². The van der Waals surface area contributed by atoms with Crippen molar-refractivity contribution < 1.29 is 9.18 Å².